The highest BCUT2D eigenvalue weighted by Gasteiger charge is 2.23. The van der Waals surface area contributed by atoms with E-state index < -0.39 is 0 Å². The van der Waals surface area contributed by atoms with E-state index in [4.69, 9.17) is 4.74 Å². The summed E-state index contributed by atoms with van der Waals surface area (Å²) in [6.07, 6.45) is 5.17. The molecule has 0 spiro atoms. The van der Waals surface area contributed by atoms with E-state index in [9.17, 15) is 4.79 Å². The molecule has 3 aromatic carbocycles. The van der Waals surface area contributed by atoms with Crippen LogP contribution in [0.25, 0.3) is 20.5 Å². The Hall–Kier alpha value is -2.99. The maximum Gasteiger partial charge on any atom is 0.195 e. The number of rotatable bonds is 9. The summed E-state index contributed by atoms with van der Waals surface area (Å²) in [6.45, 7) is 19.6. The quantitative estimate of drug-likeness (QED) is 0.180. The zero-order valence-electron chi connectivity index (χ0n) is 27.2. The van der Waals surface area contributed by atoms with Crippen molar-refractivity contribution in [1.82, 2.24) is 9.80 Å². The molecule has 0 atom stereocenters. The zero-order chi connectivity index (χ0) is 30.8. The molecule has 0 N–H and O–H groups in total. The molecule has 0 amide bonds. The van der Waals surface area contributed by atoms with Crippen molar-refractivity contribution < 1.29 is 9.53 Å². The number of ether oxygens (including phenoxy) is 1. The number of aryl methyl sites for hydroxylation is 2. The van der Waals surface area contributed by atoms with Gasteiger partial charge >= 0.3 is 0 Å². The largest absolute Gasteiger partial charge is 0.492 e. The van der Waals surface area contributed by atoms with E-state index in [1.807, 2.05) is 45.9 Å². The molecule has 2 aliphatic rings. The highest BCUT2D eigenvalue weighted by atomic mass is 32.1. The lowest BCUT2D eigenvalue weighted by molar-refractivity contribution is 0.104. The average molecular weight is 599 g/mol. The van der Waals surface area contributed by atoms with Gasteiger partial charge < -0.3 is 4.74 Å². The molecule has 0 unspecified atom stereocenters. The van der Waals surface area contributed by atoms with Crippen molar-refractivity contribution in [3.05, 3.63) is 88.5 Å². The lowest BCUT2D eigenvalue weighted by Gasteiger charge is -2.17. The Morgan fingerprint density at radius 1 is 0.791 bits per heavy atom. The number of hydrogen-bond acceptors (Lipinski definition) is 5. The third kappa shape index (κ3) is 8.14. The second-order valence-electron chi connectivity index (χ2n) is 11.2. The first-order valence-electron chi connectivity index (χ1n) is 16.4. The molecule has 2 aliphatic heterocycles. The summed E-state index contributed by atoms with van der Waals surface area (Å²) < 4.78 is 7.19. The number of thiophene rings is 1. The third-order valence-corrected chi connectivity index (χ3v) is 9.48. The van der Waals surface area contributed by atoms with Crippen molar-refractivity contribution in [3.8, 4) is 16.2 Å². The van der Waals surface area contributed by atoms with Gasteiger partial charge in [-0.05, 0) is 125 Å². The first-order valence-corrected chi connectivity index (χ1v) is 17.2. The van der Waals surface area contributed by atoms with Crippen molar-refractivity contribution in [2.75, 3.05) is 39.3 Å². The van der Waals surface area contributed by atoms with Gasteiger partial charge in [-0.25, -0.2) is 0 Å². The lowest BCUT2D eigenvalue weighted by atomic mass is 9.94. The highest BCUT2D eigenvalue weighted by Crippen LogP contribution is 2.41. The monoisotopic (exact) mass is 598 g/mol. The van der Waals surface area contributed by atoms with Crippen LogP contribution >= 0.6 is 11.3 Å². The highest BCUT2D eigenvalue weighted by molar-refractivity contribution is 7.22. The summed E-state index contributed by atoms with van der Waals surface area (Å²) in [7, 11) is 0. The normalized spacial score (nSPS) is 15.1. The van der Waals surface area contributed by atoms with Gasteiger partial charge in [0, 0.05) is 39.2 Å². The molecular weight excluding hydrogens is 548 g/mol. The lowest BCUT2D eigenvalue weighted by Crippen LogP contribution is -2.25. The topological polar surface area (TPSA) is 32.8 Å². The Morgan fingerprint density at radius 3 is 2.09 bits per heavy atom. The van der Waals surface area contributed by atoms with Gasteiger partial charge in [0.25, 0.3) is 0 Å². The summed E-state index contributed by atoms with van der Waals surface area (Å²) in [4.78, 5) is 20.1. The Bertz CT molecular complexity index is 1460. The summed E-state index contributed by atoms with van der Waals surface area (Å²) >= 11 is 1.70. The fraction of sp³-hybridized carbons (Fsp3) is 0.447. The van der Waals surface area contributed by atoms with E-state index in [0.29, 0.717) is 6.61 Å². The van der Waals surface area contributed by atoms with Gasteiger partial charge in [0.2, 0.25) is 0 Å². The molecule has 2 saturated heterocycles. The first-order chi connectivity index (χ1) is 21.0. The minimum Gasteiger partial charge on any atom is -0.492 e. The number of nitrogens with zero attached hydrogens (tertiary/aromatic N) is 2. The van der Waals surface area contributed by atoms with Gasteiger partial charge in [0.05, 0.1) is 0 Å². The number of carbonyl (C=O) groups excluding carboxylic acids is 1. The van der Waals surface area contributed by atoms with E-state index in [2.05, 4.69) is 66.1 Å². The maximum absolute atomic E-state index is 14.1. The summed E-state index contributed by atoms with van der Waals surface area (Å²) in [5.74, 6) is 0.982. The van der Waals surface area contributed by atoms with Crippen LogP contribution in [0.3, 0.4) is 0 Å². The fourth-order valence-electron chi connectivity index (χ4n) is 5.98. The molecule has 6 rings (SSSR count). The number of carbonyl (C=O) groups is 1. The van der Waals surface area contributed by atoms with Gasteiger partial charge in [0.1, 0.15) is 12.4 Å². The Labute approximate surface area is 263 Å². The van der Waals surface area contributed by atoms with E-state index >= 15 is 0 Å². The number of ketones is 1. The van der Waals surface area contributed by atoms with Gasteiger partial charge in [-0.1, -0.05) is 51.5 Å². The van der Waals surface area contributed by atoms with Crippen molar-refractivity contribution in [3.63, 3.8) is 0 Å². The maximum atomic E-state index is 14.1. The molecule has 230 valence electrons. The number of likely N-dealkylation sites (tertiary alicyclic amines) is 2. The zero-order valence-corrected chi connectivity index (χ0v) is 28.0. The minimum atomic E-state index is 0.101. The molecule has 4 nitrogen and oxygen atoms in total. The molecule has 3 heterocycles. The fourth-order valence-corrected chi connectivity index (χ4v) is 7.17. The molecule has 4 aromatic rings. The molecule has 0 bridgehead atoms. The second kappa shape index (κ2) is 16.2. The predicted molar refractivity (Wildman–Crippen MR) is 185 cm³/mol. The van der Waals surface area contributed by atoms with Crippen molar-refractivity contribution in [2.45, 2.75) is 73.8 Å². The Morgan fingerprint density at radius 2 is 1.44 bits per heavy atom. The van der Waals surface area contributed by atoms with E-state index in [1.165, 1.54) is 68.6 Å². The van der Waals surface area contributed by atoms with Crippen LogP contribution in [0.1, 0.15) is 86.0 Å². The van der Waals surface area contributed by atoms with Gasteiger partial charge in [-0.2, -0.15) is 0 Å². The van der Waals surface area contributed by atoms with Crippen LogP contribution in [-0.2, 0) is 6.54 Å². The van der Waals surface area contributed by atoms with Gasteiger partial charge in [0.15, 0.2) is 5.78 Å². The van der Waals surface area contributed by atoms with Crippen LogP contribution in [0.2, 0.25) is 0 Å². The second-order valence-corrected chi connectivity index (χ2v) is 12.2. The molecular formula is C38H50N2O2S. The molecule has 5 heteroatoms. The Kier molecular flexibility index (Phi) is 12.4. The van der Waals surface area contributed by atoms with Crippen LogP contribution in [0.4, 0.5) is 0 Å². The molecule has 0 saturated carbocycles. The van der Waals surface area contributed by atoms with Gasteiger partial charge in [-0.15, -0.1) is 11.3 Å². The van der Waals surface area contributed by atoms with Crippen molar-refractivity contribution in [1.29, 1.82) is 0 Å². The van der Waals surface area contributed by atoms with Crippen molar-refractivity contribution in [2.24, 2.45) is 0 Å². The molecule has 2 fully saturated rings. The summed E-state index contributed by atoms with van der Waals surface area (Å²) in [6, 6.07) is 21.0. The first kappa shape index (κ1) is 32.9. The van der Waals surface area contributed by atoms with Crippen LogP contribution in [0.15, 0.2) is 60.7 Å². The van der Waals surface area contributed by atoms with Crippen LogP contribution in [-0.4, -0.2) is 54.9 Å². The van der Waals surface area contributed by atoms with E-state index in [1.54, 1.807) is 11.3 Å². The standard InChI is InChI=1S/C34H38N2O2S.2C2H6/c1-24-7-14-31-30(21-24)32(33(37)27-8-9-28(25(2)22-27)23-36-17-5-6-18-36)34(39-31)26-10-12-29(13-11-26)38-20-19-35-15-3-4-16-35;2*1-2/h7-14,21-22H,3-6,15-20,23H2,1-2H3;2*1-2H3. The van der Waals surface area contributed by atoms with Gasteiger partial charge in [-0.3, -0.25) is 14.6 Å². The van der Waals surface area contributed by atoms with Crippen LogP contribution < -0.4 is 4.74 Å². The SMILES string of the molecule is CC.CC.Cc1ccc2sc(-c3ccc(OCCN4CCCC4)cc3)c(C(=O)c3ccc(CN4CCCC4)c(C)c3)c2c1. The van der Waals surface area contributed by atoms with Crippen LogP contribution in [0.5, 0.6) is 5.75 Å². The van der Waals surface area contributed by atoms with Crippen molar-refractivity contribution >= 4 is 27.2 Å². The minimum absolute atomic E-state index is 0.101. The molecule has 0 radical (unpaired) electrons. The number of hydrogen-bond donors (Lipinski definition) is 0. The summed E-state index contributed by atoms with van der Waals surface area (Å²) in [5, 5.41) is 1.05. The van der Waals surface area contributed by atoms with E-state index in [-0.39, 0.29) is 5.78 Å². The molecule has 1 aromatic heterocycles. The molecule has 43 heavy (non-hydrogen) atoms. The van der Waals surface area contributed by atoms with Crippen LogP contribution in [0, 0.1) is 13.8 Å². The smallest absolute Gasteiger partial charge is 0.195 e. The number of fused-ring (bicyclic) bond motifs is 1. The molecule has 0 aliphatic carbocycles. The Balaban J connectivity index is 0.00000102. The van der Waals surface area contributed by atoms with E-state index in [0.717, 1.165) is 50.5 Å². The third-order valence-electron chi connectivity index (χ3n) is 8.26. The predicted octanol–water partition coefficient (Wildman–Crippen LogP) is 9.54. The summed E-state index contributed by atoms with van der Waals surface area (Å²) in [5.41, 5.74) is 6.32. The number of benzene rings is 3. The average Bonchev–Trinajstić information content (AvgIpc) is 3.82.